The lowest BCUT2D eigenvalue weighted by molar-refractivity contribution is -0.139. The maximum atomic E-state index is 12.3. The van der Waals surface area contributed by atoms with Crippen LogP contribution >= 0.6 is 0 Å². The van der Waals surface area contributed by atoms with Crippen molar-refractivity contribution in [2.24, 2.45) is 0 Å². The molecule has 0 aromatic heterocycles. The van der Waals surface area contributed by atoms with Crippen LogP contribution in [0.4, 0.5) is 4.79 Å². The molecule has 25 heavy (non-hydrogen) atoms. The number of amides is 1. The molecule has 5 heteroatoms. The molecule has 2 aromatic carbocycles. The topological polar surface area (TPSA) is 66.8 Å². The number of carboxylic acid groups (broad SMARTS) is 1. The van der Waals surface area contributed by atoms with Gasteiger partial charge in [-0.15, -0.1) is 0 Å². The van der Waals surface area contributed by atoms with Crippen molar-refractivity contribution in [2.45, 2.75) is 24.8 Å². The molecule has 1 aliphatic heterocycles. The average molecular weight is 337 g/mol. The Balaban J connectivity index is 1.48. The zero-order chi connectivity index (χ0) is 17.4. The number of carbonyl (C=O) groups is 2. The third-order valence-electron chi connectivity index (χ3n) is 5.12. The molecule has 1 saturated heterocycles. The van der Waals surface area contributed by atoms with Crippen molar-refractivity contribution in [3.8, 4) is 11.1 Å². The second-order valence-electron chi connectivity index (χ2n) is 6.54. The Kier molecular flexibility index (Phi) is 3.92. The first kappa shape index (κ1) is 15.7. The summed E-state index contributed by atoms with van der Waals surface area (Å²) >= 11 is 0. The highest BCUT2D eigenvalue weighted by molar-refractivity contribution is 5.79. The molecule has 0 bridgehead atoms. The SMILES string of the molecule is O=C(O)C[C@@H]1CCN1C(=O)OCC1c2ccccc2-c2ccccc21. The molecule has 1 aliphatic carbocycles. The van der Waals surface area contributed by atoms with Gasteiger partial charge in [0.25, 0.3) is 0 Å². The monoisotopic (exact) mass is 337 g/mol. The molecule has 0 saturated carbocycles. The van der Waals surface area contributed by atoms with Crippen molar-refractivity contribution in [3.05, 3.63) is 59.7 Å². The number of benzene rings is 2. The summed E-state index contributed by atoms with van der Waals surface area (Å²) < 4.78 is 5.55. The van der Waals surface area contributed by atoms with Gasteiger partial charge in [0, 0.05) is 18.5 Å². The van der Waals surface area contributed by atoms with Crippen LogP contribution in [0.25, 0.3) is 11.1 Å². The molecule has 1 N–H and O–H groups in total. The van der Waals surface area contributed by atoms with Crippen LogP contribution in [0.15, 0.2) is 48.5 Å². The molecule has 0 spiro atoms. The van der Waals surface area contributed by atoms with E-state index in [9.17, 15) is 9.59 Å². The average Bonchev–Trinajstić information content (AvgIpc) is 2.91. The number of hydrogen-bond acceptors (Lipinski definition) is 3. The van der Waals surface area contributed by atoms with E-state index in [0.717, 1.165) is 6.42 Å². The summed E-state index contributed by atoms with van der Waals surface area (Å²) in [5.41, 5.74) is 4.71. The summed E-state index contributed by atoms with van der Waals surface area (Å²) in [6, 6.07) is 16.1. The van der Waals surface area contributed by atoms with Crippen LogP contribution in [0.5, 0.6) is 0 Å². The van der Waals surface area contributed by atoms with Gasteiger partial charge in [0.15, 0.2) is 0 Å². The number of aliphatic carboxylic acids is 1. The number of hydrogen-bond donors (Lipinski definition) is 1. The fourth-order valence-corrected chi connectivity index (χ4v) is 3.77. The molecular weight excluding hydrogens is 318 g/mol. The number of rotatable bonds is 4. The van der Waals surface area contributed by atoms with E-state index >= 15 is 0 Å². The molecule has 128 valence electrons. The minimum Gasteiger partial charge on any atom is -0.481 e. The second-order valence-corrected chi connectivity index (χ2v) is 6.54. The highest BCUT2D eigenvalue weighted by Crippen LogP contribution is 2.44. The zero-order valence-electron chi connectivity index (χ0n) is 13.7. The largest absolute Gasteiger partial charge is 0.481 e. The summed E-state index contributed by atoms with van der Waals surface area (Å²) in [6.07, 6.45) is 0.278. The van der Waals surface area contributed by atoms with E-state index in [0.29, 0.717) is 6.54 Å². The van der Waals surface area contributed by atoms with E-state index in [1.165, 1.54) is 27.2 Å². The van der Waals surface area contributed by atoms with Crippen molar-refractivity contribution in [2.75, 3.05) is 13.2 Å². The van der Waals surface area contributed by atoms with E-state index in [4.69, 9.17) is 9.84 Å². The molecule has 5 nitrogen and oxygen atoms in total. The summed E-state index contributed by atoms with van der Waals surface area (Å²) in [4.78, 5) is 24.7. The minimum atomic E-state index is -0.888. The van der Waals surface area contributed by atoms with E-state index in [1.807, 2.05) is 24.3 Å². The maximum absolute atomic E-state index is 12.3. The lowest BCUT2D eigenvalue weighted by Gasteiger charge is -2.39. The number of ether oxygens (including phenoxy) is 1. The molecule has 2 aromatic rings. The zero-order valence-corrected chi connectivity index (χ0v) is 13.7. The molecule has 4 rings (SSSR count). The molecule has 1 amide bonds. The van der Waals surface area contributed by atoms with Crippen molar-refractivity contribution >= 4 is 12.1 Å². The maximum Gasteiger partial charge on any atom is 0.410 e. The number of likely N-dealkylation sites (tertiary alicyclic amines) is 1. The Labute approximate surface area is 145 Å². The molecule has 1 fully saturated rings. The minimum absolute atomic E-state index is 0.0236. The smallest absolute Gasteiger partial charge is 0.410 e. The first-order chi connectivity index (χ1) is 12.1. The molecule has 1 heterocycles. The Morgan fingerprint density at radius 3 is 2.16 bits per heavy atom. The van der Waals surface area contributed by atoms with Crippen LogP contribution in [0.2, 0.25) is 0 Å². The van der Waals surface area contributed by atoms with Gasteiger partial charge in [0.1, 0.15) is 6.61 Å². The van der Waals surface area contributed by atoms with Gasteiger partial charge in [-0.25, -0.2) is 4.79 Å². The van der Waals surface area contributed by atoms with Gasteiger partial charge in [0.2, 0.25) is 0 Å². The fourth-order valence-electron chi connectivity index (χ4n) is 3.77. The first-order valence-electron chi connectivity index (χ1n) is 8.48. The molecule has 0 radical (unpaired) electrons. The van der Waals surface area contributed by atoms with Gasteiger partial charge in [-0.1, -0.05) is 48.5 Å². The van der Waals surface area contributed by atoms with Gasteiger partial charge in [-0.2, -0.15) is 0 Å². The Bertz CT molecular complexity index is 786. The summed E-state index contributed by atoms with van der Waals surface area (Å²) in [5, 5.41) is 8.89. The molecular formula is C20H19NO4. The third-order valence-corrected chi connectivity index (χ3v) is 5.12. The highest BCUT2D eigenvalue weighted by Gasteiger charge is 2.36. The predicted molar refractivity (Wildman–Crippen MR) is 92.4 cm³/mol. The second kappa shape index (κ2) is 6.24. The number of fused-ring (bicyclic) bond motifs is 3. The van der Waals surface area contributed by atoms with Crippen molar-refractivity contribution < 1.29 is 19.4 Å². The summed E-state index contributed by atoms with van der Waals surface area (Å²) in [5.74, 6) is -0.864. The van der Waals surface area contributed by atoms with Crippen LogP contribution in [-0.4, -0.2) is 41.3 Å². The summed E-state index contributed by atoms with van der Waals surface area (Å²) in [6.45, 7) is 0.831. The molecule has 1 atom stereocenters. The normalized spacial score (nSPS) is 18.2. The third kappa shape index (κ3) is 2.76. The standard InChI is InChI=1S/C20H19NO4/c22-19(23)11-13-9-10-21(13)20(24)25-12-18-16-7-3-1-5-14(16)15-6-2-4-8-17(15)18/h1-8,13,18H,9-12H2,(H,22,23)/t13-/m0/s1. The van der Waals surface area contributed by atoms with Crippen molar-refractivity contribution in [1.29, 1.82) is 0 Å². The van der Waals surface area contributed by atoms with E-state index < -0.39 is 12.1 Å². The Morgan fingerprint density at radius 2 is 1.64 bits per heavy atom. The van der Waals surface area contributed by atoms with E-state index in [2.05, 4.69) is 24.3 Å². The van der Waals surface area contributed by atoms with Gasteiger partial charge in [-0.05, 0) is 28.7 Å². The molecule has 2 aliphatic rings. The van der Waals surface area contributed by atoms with Crippen LogP contribution in [0.1, 0.15) is 29.9 Å². The lowest BCUT2D eigenvalue weighted by Crippen LogP contribution is -2.52. The summed E-state index contributed by atoms with van der Waals surface area (Å²) in [7, 11) is 0. The Hall–Kier alpha value is -2.82. The van der Waals surface area contributed by atoms with E-state index in [-0.39, 0.29) is 25.0 Å². The van der Waals surface area contributed by atoms with Gasteiger partial charge in [0.05, 0.1) is 6.42 Å². The first-order valence-corrected chi connectivity index (χ1v) is 8.48. The van der Waals surface area contributed by atoms with E-state index in [1.54, 1.807) is 0 Å². The lowest BCUT2D eigenvalue weighted by atomic mass is 9.98. The predicted octanol–water partition coefficient (Wildman–Crippen LogP) is 3.48. The number of carbonyl (C=O) groups excluding carboxylic acids is 1. The quantitative estimate of drug-likeness (QED) is 0.927. The van der Waals surface area contributed by atoms with Crippen LogP contribution < -0.4 is 0 Å². The number of carboxylic acids is 1. The van der Waals surface area contributed by atoms with Crippen LogP contribution in [-0.2, 0) is 9.53 Å². The Morgan fingerprint density at radius 1 is 1.04 bits per heavy atom. The van der Waals surface area contributed by atoms with Crippen molar-refractivity contribution in [3.63, 3.8) is 0 Å². The van der Waals surface area contributed by atoms with Gasteiger partial charge in [-0.3, -0.25) is 4.79 Å². The van der Waals surface area contributed by atoms with Gasteiger partial charge < -0.3 is 14.7 Å². The number of nitrogens with zero attached hydrogens (tertiary/aromatic N) is 1. The van der Waals surface area contributed by atoms with Crippen LogP contribution in [0.3, 0.4) is 0 Å². The fraction of sp³-hybridized carbons (Fsp3) is 0.300. The van der Waals surface area contributed by atoms with Crippen LogP contribution in [0, 0.1) is 0 Å². The van der Waals surface area contributed by atoms with Crippen molar-refractivity contribution in [1.82, 2.24) is 4.90 Å². The molecule has 0 unspecified atom stereocenters. The highest BCUT2D eigenvalue weighted by atomic mass is 16.6. The van der Waals surface area contributed by atoms with Gasteiger partial charge >= 0.3 is 12.1 Å².